The van der Waals surface area contributed by atoms with Gasteiger partial charge in [0.2, 0.25) is 0 Å². The van der Waals surface area contributed by atoms with E-state index in [0.29, 0.717) is 23.7 Å². The van der Waals surface area contributed by atoms with E-state index < -0.39 is 17.6 Å². The van der Waals surface area contributed by atoms with Crippen LogP contribution in [0.3, 0.4) is 0 Å². The summed E-state index contributed by atoms with van der Waals surface area (Å²) in [5, 5.41) is 6.85. The Hall–Kier alpha value is -4.39. The highest BCUT2D eigenvalue weighted by Crippen LogP contribution is 2.45. The van der Waals surface area contributed by atoms with E-state index in [2.05, 4.69) is 10.5 Å². The summed E-state index contributed by atoms with van der Waals surface area (Å²) in [4.78, 5) is 25.3. The number of anilines is 1. The van der Waals surface area contributed by atoms with Crippen molar-refractivity contribution >= 4 is 17.7 Å². The number of hydrogen-bond donors (Lipinski definition) is 1. The summed E-state index contributed by atoms with van der Waals surface area (Å²) in [5.74, 6) is 0.332. The molecule has 1 aliphatic rings. The zero-order valence-electron chi connectivity index (χ0n) is 22.4. The molecule has 39 heavy (non-hydrogen) atoms. The molecule has 7 heteroatoms. The van der Waals surface area contributed by atoms with E-state index >= 15 is 0 Å². The van der Waals surface area contributed by atoms with Crippen molar-refractivity contribution in [2.75, 3.05) is 11.9 Å². The van der Waals surface area contributed by atoms with E-state index in [1.54, 1.807) is 6.92 Å². The minimum atomic E-state index is -0.581. The normalized spacial score (nSPS) is 14.6. The third kappa shape index (κ3) is 5.30. The van der Waals surface area contributed by atoms with Crippen LogP contribution < -0.4 is 5.32 Å². The number of nitrogens with zero attached hydrogens (tertiary/aromatic N) is 1. The quantitative estimate of drug-likeness (QED) is 0.239. The number of esters is 1. The Morgan fingerprint density at radius 2 is 1.56 bits per heavy atom. The van der Waals surface area contributed by atoms with Gasteiger partial charge < -0.3 is 14.0 Å². The fourth-order valence-corrected chi connectivity index (χ4v) is 5.00. The molecule has 0 saturated heterocycles. The lowest BCUT2D eigenvalue weighted by Crippen LogP contribution is -2.43. The summed E-state index contributed by atoms with van der Waals surface area (Å²) in [5.41, 5.74) is 5.27. The highest BCUT2D eigenvalue weighted by atomic mass is 16.6. The summed E-state index contributed by atoms with van der Waals surface area (Å²) in [6, 6.07) is 25.5. The van der Waals surface area contributed by atoms with Crippen molar-refractivity contribution < 1.29 is 23.6 Å². The molecule has 0 bridgehead atoms. The summed E-state index contributed by atoms with van der Waals surface area (Å²) in [6.45, 7) is 5.82. The smallest absolute Gasteiger partial charge is 0.412 e. The van der Waals surface area contributed by atoms with Crippen LogP contribution in [0.15, 0.2) is 83.4 Å². The molecule has 0 aliphatic heterocycles. The molecule has 1 atom stereocenters. The fraction of sp³-hybridized carbons (Fsp3) is 0.281. The van der Waals surface area contributed by atoms with Gasteiger partial charge in [0.25, 0.3) is 0 Å². The van der Waals surface area contributed by atoms with Gasteiger partial charge in [0.05, 0.1) is 12.0 Å². The Labute approximate surface area is 228 Å². The second kappa shape index (κ2) is 11.2. The summed E-state index contributed by atoms with van der Waals surface area (Å²) >= 11 is 0. The molecular weight excluding hydrogens is 492 g/mol. The molecule has 1 aromatic heterocycles. The van der Waals surface area contributed by atoms with E-state index in [1.807, 2.05) is 92.7 Å². The number of hydrogen-bond acceptors (Lipinski definition) is 6. The van der Waals surface area contributed by atoms with Crippen molar-refractivity contribution in [3.63, 3.8) is 0 Å². The maximum Gasteiger partial charge on any atom is 0.412 e. The molecule has 5 rings (SSSR count). The summed E-state index contributed by atoms with van der Waals surface area (Å²) in [7, 11) is 0. The van der Waals surface area contributed by atoms with Gasteiger partial charge in [0.1, 0.15) is 17.5 Å². The maximum absolute atomic E-state index is 12.6. The predicted molar refractivity (Wildman–Crippen MR) is 149 cm³/mol. The molecule has 7 nitrogen and oxygen atoms in total. The van der Waals surface area contributed by atoms with Gasteiger partial charge in [0.15, 0.2) is 5.76 Å². The number of aryl methyl sites for hydroxylation is 1. The molecule has 3 aromatic carbocycles. The van der Waals surface area contributed by atoms with Gasteiger partial charge in [-0.1, -0.05) is 90.4 Å². The number of aromatic nitrogens is 1. The molecule has 0 radical (unpaired) electrons. The average molecular weight is 525 g/mol. The number of nitrogens with one attached hydrogen (secondary N) is 1. The first kappa shape index (κ1) is 26.2. The van der Waals surface area contributed by atoms with Crippen LogP contribution in [0.25, 0.3) is 22.5 Å². The van der Waals surface area contributed by atoms with Gasteiger partial charge in [-0.15, -0.1) is 0 Å². The Morgan fingerprint density at radius 1 is 0.949 bits per heavy atom. The molecule has 1 amide bonds. The van der Waals surface area contributed by atoms with Gasteiger partial charge in [-0.05, 0) is 55.9 Å². The average Bonchev–Trinajstić information content (AvgIpc) is 3.28. The standard InChI is InChI=1S/C32H32N2O5/c1-4-37-30(35)32(19-8-20-32)27-17-15-25(16-18-27)24-11-13-26(14-12-24)29-28(21(2)34-39-29)33-31(36)38-22(3)23-9-6-5-7-10-23/h5-7,9-18,22H,4,8,19-20H2,1-3H3,(H,33,36). The number of benzene rings is 3. The van der Waals surface area contributed by atoms with Crippen molar-refractivity contribution in [2.45, 2.75) is 51.6 Å². The first-order chi connectivity index (χ1) is 18.9. The van der Waals surface area contributed by atoms with Crippen LogP contribution in [-0.2, 0) is 19.7 Å². The topological polar surface area (TPSA) is 90.7 Å². The van der Waals surface area contributed by atoms with Crippen molar-refractivity contribution in [1.82, 2.24) is 5.16 Å². The van der Waals surface area contributed by atoms with Gasteiger partial charge in [-0.25, -0.2) is 4.79 Å². The first-order valence-electron chi connectivity index (χ1n) is 13.3. The SMILES string of the molecule is CCOC(=O)C1(c2ccc(-c3ccc(-c4onc(C)c4NC(=O)OC(C)c4ccccc4)cc3)cc2)CCC1. The van der Waals surface area contributed by atoms with E-state index in [4.69, 9.17) is 14.0 Å². The van der Waals surface area contributed by atoms with E-state index in [0.717, 1.165) is 47.1 Å². The lowest BCUT2D eigenvalue weighted by atomic mass is 9.64. The molecular formula is C32H32N2O5. The minimum Gasteiger partial charge on any atom is -0.465 e. The minimum absolute atomic E-state index is 0.126. The Balaban J connectivity index is 1.29. The number of ether oxygens (including phenoxy) is 2. The Bertz CT molecular complexity index is 1440. The lowest BCUT2D eigenvalue weighted by molar-refractivity contribution is -0.153. The largest absolute Gasteiger partial charge is 0.465 e. The highest BCUT2D eigenvalue weighted by Gasteiger charge is 2.46. The number of carbonyl (C=O) groups excluding carboxylic acids is 2. The Morgan fingerprint density at radius 3 is 2.15 bits per heavy atom. The van der Waals surface area contributed by atoms with Crippen molar-refractivity contribution in [1.29, 1.82) is 0 Å². The van der Waals surface area contributed by atoms with Crippen LogP contribution in [0.5, 0.6) is 0 Å². The molecule has 4 aromatic rings. The van der Waals surface area contributed by atoms with Gasteiger partial charge in [0, 0.05) is 5.56 Å². The predicted octanol–water partition coefficient (Wildman–Crippen LogP) is 7.61. The molecule has 1 unspecified atom stereocenters. The molecule has 1 N–H and O–H groups in total. The third-order valence-corrected chi connectivity index (χ3v) is 7.43. The Kier molecular flexibility index (Phi) is 7.50. The number of amides is 1. The summed E-state index contributed by atoms with van der Waals surface area (Å²) in [6.07, 6.45) is 1.69. The molecule has 1 heterocycles. The van der Waals surface area contributed by atoms with Gasteiger partial charge in [-0.2, -0.15) is 0 Å². The van der Waals surface area contributed by atoms with Crippen molar-refractivity contribution in [3.05, 3.63) is 95.7 Å². The van der Waals surface area contributed by atoms with E-state index in [1.165, 1.54) is 0 Å². The van der Waals surface area contributed by atoms with Crippen LogP contribution in [0.4, 0.5) is 10.5 Å². The van der Waals surface area contributed by atoms with Gasteiger partial charge >= 0.3 is 12.1 Å². The van der Waals surface area contributed by atoms with E-state index in [-0.39, 0.29) is 5.97 Å². The molecule has 0 spiro atoms. The van der Waals surface area contributed by atoms with Crippen molar-refractivity contribution in [3.8, 4) is 22.5 Å². The molecule has 200 valence electrons. The molecule has 1 aliphatic carbocycles. The fourth-order valence-electron chi connectivity index (χ4n) is 5.00. The zero-order valence-corrected chi connectivity index (χ0v) is 22.4. The van der Waals surface area contributed by atoms with Crippen molar-refractivity contribution in [2.24, 2.45) is 0 Å². The summed E-state index contributed by atoms with van der Waals surface area (Å²) < 4.78 is 16.5. The second-order valence-electron chi connectivity index (χ2n) is 9.87. The van der Waals surface area contributed by atoms with Crippen LogP contribution in [0.2, 0.25) is 0 Å². The van der Waals surface area contributed by atoms with Crippen LogP contribution in [-0.4, -0.2) is 23.8 Å². The maximum atomic E-state index is 12.6. The van der Waals surface area contributed by atoms with E-state index in [9.17, 15) is 9.59 Å². The monoisotopic (exact) mass is 524 g/mol. The van der Waals surface area contributed by atoms with Crippen LogP contribution in [0.1, 0.15) is 56.0 Å². The number of carbonyl (C=O) groups is 2. The second-order valence-corrected chi connectivity index (χ2v) is 9.87. The first-order valence-corrected chi connectivity index (χ1v) is 13.3. The molecule has 1 fully saturated rings. The van der Waals surface area contributed by atoms with Crippen LogP contribution >= 0.6 is 0 Å². The van der Waals surface area contributed by atoms with Gasteiger partial charge in [-0.3, -0.25) is 10.1 Å². The highest BCUT2D eigenvalue weighted by molar-refractivity contribution is 5.91. The zero-order chi connectivity index (χ0) is 27.4. The molecule has 1 saturated carbocycles. The third-order valence-electron chi connectivity index (χ3n) is 7.43. The number of rotatable bonds is 8. The lowest BCUT2D eigenvalue weighted by Gasteiger charge is -2.39. The van der Waals surface area contributed by atoms with Crippen LogP contribution in [0, 0.1) is 6.92 Å².